The molecule has 1 aromatic carbocycles. The third-order valence-corrected chi connectivity index (χ3v) is 3.18. The fraction of sp³-hybridized carbons (Fsp3) is 0. The number of rotatable bonds is 2. The van der Waals surface area contributed by atoms with E-state index in [0.29, 0.717) is 21.2 Å². The van der Waals surface area contributed by atoms with Crippen LogP contribution in [0.1, 0.15) is 10.5 Å². The van der Waals surface area contributed by atoms with Crippen molar-refractivity contribution >= 4 is 45.7 Å². The fourth-order valence-electron chi connectivity index (χ4n) is 1.80. The summed E-state index contributed by atoms with van der Waals surface area (Å²) in [7, 11) is 0. The Labute approximate surface area is 123 Å². The minimum absolute atomic E-state index is 0.275. The number of carbonyl (C=O) groups is 1. The van der Waals surface area contributed by atoms with Gasteiger partial charge in [0.25, 0.3) is 5.91 Å². The summed E-state index contributed by atoms with van der Waals surface area (Å²) in [6.07, 6.45) is 1.47. The van der Waals surface area contributed by atoms with Crippen molar-refractivity contribution in [3.8, 4) is 0 Å². The van der Waals surface area contributed by atoms with E-state index in [9.17, 15) is 4.79 Å². The van der Waals surface area contributed by atoms with Crippen LogP contribution in [0, 0.1) is 0 Å². The molecule has 0 bridgehead atoms. The number of hydrogen-bond acceptors (Lipinski definition) is 3. The van der Waals surface area contributed by atoms with Crippen LogP contribution < -0.4 is 5.32 Å². The maximum Gasteiger partial charge on any atom is 0.276 e. The van der Waals surface area contributed by atoms with Gasteiger partial charge in [-0.3, -0.25) is 9.89 Å². The van der Waals surface area contributed by atoms with Gasteiger partial charge in [-0.2, -0.15) is 5.10 Å². The molecule has 1 amide bonds. The highest BCUT2D eigenvalue weighted by Gasteiger charge is 2.14. The molecule has 0 aliphatic carbocycles. The lowest BCUT2D eigenvalue weighted by molar-refractivity contribution is 0.102. The molecule has 0 atom stereocenters. The van der Waals surface area contributed by atoms with Crippen LogP contribution in [0.25, 0.3) is 10.9 Å². The lowest BCUT2D eigenvalue weighted by Crippen LogP contribution is -2.12. The van der Waals surface area contributed by atoms with E-state index < -0.39 is 0 Å². The van der Waals surface area contributed by atoms with Gasteiger partial charge in [0, 0.05) is 10.4 Å². The fourth-order valence-corrected chi connectivity index (χ4v) is 2.08. The highest BCUT2D eigenvalue weighted by Crippen LogP contribution is 2.21. The molecule has 0 radical (unpaired) electrons. The second kappa shape index (κ2) is 5.11. The van der Waals surface area contributed by atoms with E-state index in [1.807, 2.05) is 0 Å². The van der Waals surface area contributed by atoms with Gasteiger partial charge in [-0.15, -0.1) is 0 Å². The smallest absolute Gasteiger partial charge is 0.276 e. The van der Waals surface area contributed by atoms with Crippen LogP contribution in [0.3, 0.4) is 0 Å². The molecule has 7 heteroatoms. The molecule has 0 aliphatic rings. The second-order valence-corrected chi connectivity index (χ2v) is 4.91. The Morgan fingerprint density at radius 2 is 2.05 bits per heavy atom. The molecule has 0 saturated carbocycles. The predicted octanol–water partition coefficient (Wildman–Crippen LogP) is 3.52. The SMILES string of the molecule is O=C(Nc1ccc(Cl)nc1)c1n[nH]c2ccc(Cl)cc12. The van der Waals surface area contributed by atoms with E-state index in [4.69, 9.17) is 23.2 Å². The van der Waals surface area contributed by atoms with E-state index in [1.165, 1.54) is 6.20 Å². The van der Waals surface area contributed by atoms with E-state index in [2.05, 4.69) is 20.5 Å². The Morgan fingerprint density at radius 3 is 2.80 bits per heavy atom. The van der Waals surface area contributed by atoms with Crippen LogP contribution in [0.15, 0.2) is 36.5 Å². The van der Waals surface area contributed by atoms with E-state index in [0.717, 1.165) is 5.52 Å². The molecule has 0 fully saturated rings. The maximum atomic E-state index is 12.2. The topological polar surface area (TPSA) is 70.7 Å². The van der Waals surface area contributed by atoms with Crippen molar-refractivity contribution in [2.24, 2.45) is 0 Å². The number of aromatic amines is 1. The molecule has 2 N–H and O–H groups in total. The van der Waals surface area contributed by atoms with E-state index >= 15 is 0 Å². The molecule has 100 valence electrons. The minimum Gasteiger partial charge on any atom is -0.319 e. The summed E-state index contributed by atoms with van der Waals surface area (Å²) in [5.74, 6) is -0.345. The number of hydrogen-bond donors (Lipinski definition) is 2. The number of anilines is 1. The van der Waals surface area contributed by atoms with Crippen molar-refractivity contribution in [1.82, 2.24) is 15.2 Å². The summed E-state index contributed by atoms with van der Waals surface area (Å²) < 4.78 is 0. The average molecular weight is 307 g/mol. The first kappa shape index (κ1) is 12.9. The Bertz CT molecular complexity index is 783. The van der Waals surface area contributed by atoms with Crippen molar-refractivity contribution in [2.45, 2.75) is 0 Å². The highest BCUT2D eigenvalue weighted by molar-refractivity contribution is 6.31. The molecule has 0 saturated heterocycles. The van der Waals surface area contributed by atoms with Crippen LogP contribution in [0.5, 0.6) is 0 Å². The number of pyridine rings is 1. The van der Waals surface area contributed by atoms with Gasteiger partial charge >= 0.3 is 0 Å². The zero-order valence-corrected chi connectivity index (χ0v) is 11.5. The number of halogens is 2. The lowest BCUT2D eigenvalue weighted by atomic mass is 10.2. The third kappa shape index (κ3) is 2.45. The molecular weight excluding hydrogens is 299 g/mol. The first-order chi connectivity index (χ1) is 9.63. The molecular formula is C13H8Cl2N4O. The molecule has 3 rings (SSSR count). The number of carbonyl (C=O) groups excluding carboxylic acids is 1. The van der Waals surface area contributed by atoms with Crippen LogP contribution in [0.4, 0.5) is 5.69 Å². The lowest BCUT2D eigenvalue weighted by Gasteiger charge is -2.02. The minimum atomic E-state index is -0.345. The van der Waals surface area contributed by atoms with Crippen molar-refractivity contribution in [2.75, 3.05) is 5.32 Å². The molecule has 2 aromatic heterocycles. The molecule has 0 unspecified atom stereocenters. The quantitative estimate of drug-likeness (QED) is 0.712. The molecule has 20 heavy (non-hydrogen) atoms. The van der Waals surface area contributed by atoms with Gasteiger partial charge in [-0.1, -0.05) is 23.2 Å². The van der Waals surface area contributed by atoms with Gasteiger partial charge in [0.05, 0.1) is 17.4 Å². The van der Waals surface area contributed by atoms with Crippen LogP contribution >= 0.6 is 23.2 Å². The monoisotopic (exact) mass is 306 g/mol. The van der Waals surface area contributed by atoms with Gasteiger partial charge in [0.2, 0.25) is 0 Å². The molecule has 0 aliphatic heterocycles. The number of amides is 1. The van der Waals surface area contributed by atoms with Crippen LogP contribution in [0.2, 0.25) is 10.2 Å². The largest absolute Gasteiger partial charge is 0.319 e. The predicted molar refractivity (Wildman–Crippen MR) is 78.3 cm³/mol. The molecule has 2 heterocycles. The first-order valence-corrected chi connectivity index (χ1v) is 6.45. The Morgan fingerprint density at radius 1 is 1.20 bits per heavy atom. The molecule has 0 spiro atoms. The Balaban J connectivity index is 1.92. The number of benzene rings is 1. The van der Waals surface area contributed by atoms with Crippen molar-refractivity contribution < 1.29 is 4.79 Å². The molecule has 5 nitrogen and oxygen atoms in total. The number of nitrogens with zero attached hydrogens (tertiary/aromatic N) is 2. The summed E-state index contributed by atoms with van der Waals surface area (Å²) in [6, 6.07) is 8.44. The van der Waals surface area contributed by atoms with Gasteiger partial charge in [-0.25, -0.2) is 4.98 Å². The van der Waals surface area contributed by atoms with Gasteiger partial charge < -0.3 is 5.32 Å². The van der Waals surface area contributed by atoms with Crippen LogP contribution in [-0.4, -0.2) is 21.1 Å². The van der Waals surface area contributed by atoms with Gasteiger partial charge in [0.1, 0.15) is 5.15 Å². The number of H-pyrrole nitrogens is 1. The average Bonchev–Trinajstić information content (AvgIpc) is 2.84. The zero-order chi connectivity index (χ0) is 14.1. The van der Waals surface area contributed by atoms with Gasteiger partial charge in [-0.05, 0) is 30.3 Å². The van der Waals surface area contributed by atoms with Crippen molar-refractivity contribution in [1.29, 1.82) is 0 Å². The summed E-state index contributed by atoms with van der Waals surface area (Å²) in [5, 5.41) is 11.1. The van der Waals surface area contributed by atoms with Gasteiger partial charge in [0.15, 0.2) is 5.69 Å². The standard InChI is InChI=1S/C13H8Cl2N4O/c14-7-1-3-10-9(5-7)12(19-18-10)13(20)17-8-2-4-11(15)16-6-8/h1-6H,(H,17,20)(H,18,19). The zero-order valence-electron chi connectivity index (χ0n) is 10.0. The first-order valence-electron chi connectivity index (χ1n) is 5.70. The van der Waals surface area contributed by atoms with E-state index in [-0.39, 0.29) is 11.6 Å². The number of aromatic nitrogens is 3. The van der Waals surface area contributed by atoms with E-state index in [1.54, 1.807) is 30.3 Å². The molecule has 3 aromatic rings. The summed E-state index contributed by atoms with van der Waals surface area (Å²) >= 11 is 11.6. The Kier molecular flexibility index (Phi) is 3.30. The maximum absolute atomic E-state index is 12.2. The number of fused-ring (bicyclic) bond motifs is 1. The Hall–Kier alpha value is -2.11. The summed E-state index contributed by atoms with van der Waals surface area (Å²) in [6.45, 7) is 0. The normalized spacial score (nSPS) is 10.7. The number of nitrogens with one attached hydrogen (secondary N) is 2. The van der Waals surface area contributed by atoms with Crippen molar-refractivity contribution in [3.63, 3.8) is 0 Å². The summed E-state index contributed by atoms with van der Waals surface area (Å²) in [5.41, 5.74) is 1.56. The third-order valence-electron chi connectivity index (χ3n) is 2.73. The second-order valence-electron chi connectivity index (χ2n) is 4.09. The van der Waals surface area contributed by atoms with Crippen molar-refractivity contribution in [3.05, 3.63) is 52.4 Å². The highest BCUT2D eigenvalue weighted by atomic mass is 35.5. The summed E-state index contributed by atoms with van der Waals surface area (Å²) in [4.78, 5) is 16.1. The van der Waals surface area contributed by atoms with Crippen LogP contribution in [-0.2, 0) is 0 Å².